The number of carbonyl (C=O) groups is 1. The molecule has 3 N–H and O–H groups in total. The van der Waals surface area contributed by atoms with Gasteiger partial charge in [-0.15, -0.1) is 6.42 Å². The van der Waals surface area contributed by atoms with E-state index in [9.17, 15) is 9.90 Å². The van der Waals surface area contributed by atoms with Gasteiger partial charge in [0, 0.05) is 28.7 Å². The average molecular weight is 423 g/mol. The third kappa shape index (κ3) is 6.24. The van der Waals surface area contributed by atoms with Gasteiger partial charge in [0.1, 0.15) is 6.61 Å². The van der Waals surface area contributed by atoms with Gasteiger partial charge < -0.3 is 25.2 Å². The molecular formula is C20H20Cl2N2O4. The van der Waals surface area contributed by atoms with Gasteiger partial charge in [0.15, 0.2) is 11.5 Å². The highest BCUT2D eigenvalue weighted by Crippen LogP contribution is 2.28. The molecule has 28 heavy (non-hydrogen) atoms. The monoisotopic (exact) mass is 422 g/mol. The predicted molar refractivity (Wildman–Crippen MR) is 109 cm³/mol. The second-order valence-corrected chi connectivity index (χ2v) is 6.57. The van der Waals surface area contributed by atoms with Gasteiger partial charge in [-0.1, -0.05) is 41.3 Å². The Kier molecular flexibility index (Phi) is 8.27. The molecule has 2 amide bonds. The van der Waals surface area contributed by atoms with Crippen LogP contribution in [-0.2, 0) is 6.54 Å². The Bertz CT molecular complexity index is 868. The van der Waals surface area contributed by atoms with Crippen molar-refractivity contribution in [1.82, 2.24) is 10.6 Å². The number of aliphatic hydroxyl groups excluding tert-OH is 1. The normalized spacial score (nSPS) is 11.2. The van der Waals surface area contributed by atoms with Crippen LogP contribution in [0.2, 0.25) is 10.0 Å². The molecule has 0 spiro atoms. The number of amides is 2. The van der Waals surface area contributed by atoms with Crippen LogP contribution in [0.5, 0.6) is 11.5 Å². The number of halogens is 2. The molecule has 2 aromatic carbocycles. The quantitative estimate of drug-likeness (QED) is 0.568. The Morgan fingerprint density at radius 3 is 2.68 bits per heavy atom. The summed E-state index contributed by atoms with van der Waals surface area (Å²) in [6.07, 6.45) is 4.25. The van der Waals surface area contributed by atoms with Gasteiger partial charge in [0.2, 0.25) is 0 Å². The Hall–Kier alpha value is -2.59. The number of urea groups is 1. The van der Waals surface area contributed by atoms with Crippen molar-refractivity contribution in [3.8, 4) is 23.8 Å². The largest absolute Gasteiger partial charge is 0.493 e. The summed E-state index contributed by atoms with van der Waals surface area (Å²) in [5.74, 6) is 3.43. The van der Waals surface area contributed by atoms with Crippen molar-refractivity contribution in [2.75, 3.05) is 20.3 Å². The van der Waals surface area contributed by atoms with E-state index in [1.54, 1.807) is 30.3 Å². The van der Waals surface area contributed by atoms with Crippen molar-refractivity contribution in [2.24, 2.45) is 0 Å². The molecule has 6 nitrogen and oxygen atoms in total. The molecule has 0 aromatic heterocycles. The van der Waals surface area contributed by atoms with E-state index in [0.717, 1.165) is 5.56 Å². The molecule has 0 radical (unpaired) electrons. The number of methoxy groups -OCH3 is 1. The van der Waals surface area contributed by atoms with Crippen molar-refractivity contribution in [3.63, 3.8) is 0 Å². The Morgan fingerprint density at radius 2 is 2.00 bits per heavy atom. The first-order chi connectivity index (χ1) is 13.4. The second-order valence-electron chi connectivity index (χ2n) is 5.72. The molecule has 1 atom stereocenters. The van der Waals surface area contributed by atoms with Crippen LogP contribution in [0.3, 0.4) is 0 Å². The number of aliphatic hydroxyl groups is 1. The molecule has 0 aliphatic rings. The average Bonchev–Trinajstić information content (AvgIpc) is 2.68. The summed E-state index contributed by atoms with van der Waals surface area (Å²) in [4.78, 5) is 12.0. The van der Waals surface area contributed by atoms with Crippen molar-refractivity contribution >= 4 is 29.2 Å². The summed E-state index contributed by atoms with van der Waals surface area (Å²) < 4.78 is 10.6. The summed E-state index contributed by atoms with van der Waals surface area (Å²) in [7, 11) is 1.53. The van der Waals surface area contributed by atoms with E-state index >= 15 is 0 Å². The topological polar surface area (TPSA) is 79.8 Å². The van der Waals surface area contributed by atoms with Gasteiger partial charge in [0.25, 0.3) is 0 Å². The molecule has 0 fully saturated rings. The van der Waals surface area contributed by atoms with E-state index in [1.165, 1.54) is 13.2 Å². The third-order valence-electron chi connectivity index (χ3n) is 3.77. The minimum Gasteiger partial charge on any atom is -0.493 e. The zero-order chi connectivity index (χ0) is 20.5. The van der Waals surface area contributed by atoms with Crippen molar-refractivity contribution < 1.29 is 19.4 Å². The van der Waals surface area contributed by atoms with E-state index in [2.05, 4.69) is 16.6 Å². The summed E-state index contributed by atoms with van der Waals surface area (Å²) in [6.45, 7) is 0.352. The molecule has 0 saturated heterocycles. The fourth-order valence-corrected chi connectivity index (χ4v) is 2.91. The Morgan fingerprint density at radius 1 is 1.21 bits per heavy atom. The lowest BCUT2D eigenvalue weighted by Gasteiger charge is -2.15. The maximum atomic E-state index is 12.0. The molecular weight excluding hydrogens is 403 g/mol. The molecule has 1 unspecified atom stereocenters. The van der Waals surface area contributed by atoms with Crippen molar-refractivity contribution in [1.29, 1.82) is 0 Å². The van der Waals surface area contributed by atoms with Crippen LogP contribution in [0.15, 0.2) is 36.4 Å². The SMILES string of the molecule is C#CCOc1cc(CNC(=O)NCC(O)c2ccc(Cl)cc2Cl)ccc1OC. The molecule has 2 aromatic rings. The minimum absolute atomic E-state index is 0.00761. The lowest BCUT2D eigenvalue weighted by atomic mass is 10.1. The number of terminal acetylenes is 1. The molecule has 148 valence electrons. The van der Waals surface area contributed by atoms with Crippen molar-refractivity contribution in [3.05, 3.63) is 57.6 Å². The number of nitrogens with one attached hydrogen (secondary N) is 2. The number of hydrogen-bond donors (Lipinski definition) is 3. The maximum Gasteiger partial charge on any atom is 0.315 e. The van der Waals surface area contributed by atoms with Gasteiger partial charge in [-0.3, -0.25) is 0 Å². The Labute approximate surface area is 173 Å². The smallest absolute Gasteiger partial charge is 0.315 e. The zero-order valence-corrected chi connectivity index (χ0v) is 16.7. The number of carbonyl (C=O) groups excluding carboxylic acids is 1. The van der Waals surface area contributed by atoms with Crippen LogP contribution in [0.25, 0.3) is 0 Å². The van der Waals surface area contributed by atoms with Gasteiger partial charge in [-0.2, -0.15) is 0 Å². The first kappa shape index (κ1) is 21.7. The van der Waals surface area contributed by atoms with Gasteiger partial charge in [-0.25, -0.2) is 4.79 Å². The third-order valence-corrected chi connectivity index (χ3v) is 4.33. The molecule has 0 aliphatic heterocycles. The first-order valence-corrected chi connectivity index (χ1v) is 9.08. The predicted octanol–water partition coefficient (Wildman–Crippen LogP) is 3.55. The maximum absolute atomic E-state index is 12.0. The molecule has 0 bridgehead atoms. The molecule has 0 saturated carbocycles. The molecule has 8 heteroatoms. The van der Waals surface area contributed by atoms with Crippen LogP contribution in [0.4, 0.5) is 4.79 Å². The second kappa shape index (κ2) is 10.7. The first-order valence-electron chi connectivity index (χ1n) is 8.32. The van der Waals surface area contributed by atoms with Crippen LogP contribution in [0.1, 0.15) is 17.2 Å². The van der Waals surface area contributed by atoms with Gasteiger partial charge >= 0.3 is 6.03 Å². The van der Waals surface area contributed by atoms with E-state index in [-0.39, 0.29) is 19.7 Å². The van der Waals surface area contributed by atoms with Crippen LogP contribution in [0, 0.1) is 12.3 Å². The fourth-order valence-electron chi connectivity index (χ4n) is 2.38. The highest BCUT2D eigenvalue weighted by Gasteiger charge is 2.13. The van der Waals surface area contributed by atoms with Gasteiger partial charge in [0.05, 0.1) is 13.2 Å². The summed E-state index contributed by atoms with van der Waals surface area (Å²) in [6, 6.07) is 9.59. The van der Waals surface area contributed by atoms with E-state index in [4.69, 9.17) is 39.1 Å². The fraction of sp³-hybridized carbons (Fsp3) is 0.250. The highest BCUT2D eigenvalue weighted by molar-refractivity contribution is 6.35. The number of ether oxygens (including phenoxy) is 2. The lowest BCUT2D eigenvalue weighted by Crippen LogP contribution is -2.37. The zero-order valence-electron chi connectivity index (χ0n) is 15.2. The summed E-state index contributed by atoms with van der Waals surface area (Å²) in [5, 5.41) is 16.3. The van der Waals surface area contributed by atoms with Crippen LogP contribution < -0.4 is 20.1 Å². The number of rotatable bonds is 8. The number of hydrogen-bond acceptors (Lipinski definition) is 4. The molecule has 0 heterocycles. The highest BCUT2D eigenvalue weighted by atomic mass is 35.5. The van der Waals surface area contributed by atoms with Crippen LogP contribution in [-0.4, -0.2) is 31.4 Å². The number of benzene rings is 2. The van der Waals surface area contributed by atoms with Gasteiger partial charge in [-0.05, 0) is 29.8 Å². The lowest BCUT2D eigenvalue weighted by molar-refractivity contribution is 0.173. The minimum atomic E-state index is -0.958. The summed E-state index contributed by atoms with van der Waals surface area (Å²) in [5.41, 5.74) is 1.28. The molecule has 2 rings (SSSR count). The van der Waals surface area contributed by atoms with Crippen LogP contribution >= 0.6 is 23.2 Å². The van der Waals surface area contributed by atoms with E-state index in [1.807, 2.05) is 0 Å². The van der Waals surface area contributed by atoms with Crippen molar-refractivity contribution in [2.45, 2.75) is 12.6 Å². The summed E-state index contributed by atoms with van der Waals surface area (Å²) >= 11 is 11.9. The van der Waals surface area contributed by atoms with E-state index in [0.29, 0.717) is 27.1 Å². The Balaban J connectivity index is 1.87. The molecule has 0 aliphatic carbocycles. The van der Waals surface area contributed by atoms with E-state index < -0.39 is 12.1 Å². The standard InChI is InChI=1S/C20H20Cl2N2O4/c1-3-8-28-19-9-13(4-7-18(19)27-2)11-23-20(26)24-12-17(25)15-6-5-14(21)10-16(15)22/h1,4-7,9-10,17,25H,8,11-12H2,2H3,(H2,23,24,26).